The van der Waals surface area contributed by atoms with Crippen molar-refractivity contribution in [1.82, 2.24) is 14.9 Å². The zero-order valence-corrected chi connectivity index (χ0v) is 17.7. The fourth-order valence-electron chi connectivity index (χ4n) is 2.62. The number of benzene rings is 2. The van der Waals surface area contributed by atoms with E-state index in [0.29, 0.717) is 21.3 Å². The van der Waals surface area contributed by atoms with Crippen LogP contribution in [-0.2, 0) is 6.61 Å². The minimum Gasteiger partial charge on any atom is -0.493 e. The number of H-pyrrole nitrogens is 1. The number of rotatable bonds is 7. The SMILES string of the molecule is COc1cc(/C=N/n2c(C(C)C)n[nH]c2=S)ccc1OCc1c(F)cccc1Cl. The first-order valence-corrected chi connectivity index (χ1v) is 9.64. The first kappa shape index (κ1) is 21.0. The van der Waals surface area contributed by atoms with Gasteiger partial charge in [0.25, 0.3) is 0 Å². The Balaban J connectivity index is 1.81. The number of hydrogen-bond acceptors (Lipinski definition) is 5. The van der Waals surface area contributed by atoms with E-state index in [-0.39, 0.29) is 18.1 Å². The second-order valence-corrected chi connectivity index (χ2v) is 7.29. The second-order valence-electron chi connectivity index (χ2n) is 6.50. The van der Waals surface area contributed by atoms with Crippen LogP contribution in [0, 0.1) is 10.6 Å². The molecule has 3 aromatic rings. The van der Waals surface area contributed by atoms with Crippen LogP contribution in [0.5, 0.6) is 11.5 Å². The van der Waals surface area contributed by atoms with Gasteiger partial charge in [0.1, 0.15) is 12.4 Å². The van der Waals surface area contributed by atoms with Crippen LogP contribution in [0.2, 0.25) is 5.02 Å². The van der Waals surface area contributed by atoms with Crippen molar-refractivity contribution in [3.63, 3.8) is 0 Å². The van der Waals surface area contributed by atoms with Crippen molar-refractivity contribution >= 4 is 30.0 Å². The number of nitrogens with zero attached hydrogens (tertiary/aromatic N) is 3. The lowest BCUT2D eigenvalue weighted by Gasteiger charge is -2.12. The standard InChI is InChI=1S/C20H20ClFN4O2S/c1-12(2)19-24-25-20(29)26(19)23-10-13-7-8-17(18(9-13)27-3)28-11-14-15(21)5-4-6-16(14)22/h4-10,12H,11H2,1-3H3,(H,25,29)/b23-10+. The molecule has 1 heterocycles. The van der Waals surface area contributed by atoms with Gasteiger partial charge in [-0.15, -0.1) is 0 Å². The van der Waals surface area contributed by atoms with Gasteiger partial charge in [0.15, 0.2) is 17.3 Å². The molecule has 0 bridgehead atoms. The largest absolute Gasteiger partial charge is 0.493 e. The molecule has 0 saturated heterocycles. The van der Waals surface area contributed by atoms with E-state index in [2.05, 4.69) is 15.3 Å². The highest BCUT2D eigenvalue weighted by atomic mass is 35.5. The molecule has 0 atom stereocenters. The van der Waals surface area contributed by atoms with Gasteiger partial charge in [-0.05, 0) is 48.1 Å². The van der Waals surface area contributed by atoms with E-state index >= 15 is 0 Å². The van der Waals surface area contributed by atoms with Gasteiger partial charge in [0.05, 0.1) is 18.3 Å². The van der Waals surface area contributed by atoms with Crippen molar-refractivity contribution in [1.29, 1.82) is 0 Å². The van der Waals surface area contributed by atoms with Crippen LogP contribution in [0.1, 0.15) is 36.7 Å². The molecular weight excluding hydrogens is 415 g/mol. The first-order valence-electron chi connectivity index (χ1n) is 8.86. The molecule has 2 aromatic carbocycles. The van der Waals surface area contributed by atoms with Gasteiger partial charge in [-0.2, -0.15) is 14.9 Å². The summed E-state index contributed by atoms with van der Waals surface area (Å²) in [7, 11) is 1.53. The van der Waals surface area contributed by atoms with E-state index < -0.39 is 5.82 Å². The summed E-state index contributed by atoms with van der Waals surface area (Å²) in [4.78, 5) is 0. The minimum atomic E-state index is -0.418. The van der Waals surface area contributed by atoms with E-state index in [4.69, 9.17) is 33.3 Å². The number of methoxy groups -OCH3 is 1. The molecule has 0 saturated carbocycles. The lowest BCUT2D eigenvalue weighted by Crippen LogP contribution is -2.02. The molecule has 29 heavy (non-hydrogen) atoms. The summed E-state index contributed by atoms with van der Waals surface area (Å²) in [5.41, 5.74) is 1.06. The van der Waals surface area contributed by atoms with Crippen molar-refractivity contribution in [3.05, 3.63) is 69.0 Å². The normalized spacial score (nSPS) is 11.4. The highest BCUT2D eigenvalue weighted by molar-refractivity contribution is 7.71. The molecule has 3 rings (SSSR count). The van der Waals surface area contributed by atoms with E-state index in [0.717, 1.165) is 11.4 Å². The Morgan fingerprint density at radius 1 is 1.31 bits per heavy atom. The minimum absolute atomic E-state index is 0.0166. The molecule has 1 N–H and O–H groups in total. The molecule has 0 aliphatic heterocycles. The molecule has 0 aliphatic rings. The zero-order valence-electron chi connectivity index (χ0n) is 16.1. The van der Waals surface area contributed by atoms with Crippen LogP contribution in [0.4, 0.5) is 4.39 Å². The smallest absolute Gasteiger partial charge is 0.216 e. The average Bonchev–Trinajstić information content (AvgIpc) is 3.07. The fourth-order valence-corrected chi connectivity index (χ4v) is 3.02. The number of halogens is 2. The monoisotopic (exact) mass is 434 g/mol. The maximum atomic E-state index is 13.9. The first-order chi connectivity index (χ1) is 13.9. The Hall–Kier alpha value is -2.71. The third-order valence-electron chi connectivity index (χ3n) is 4.14. The van der Waals surface area contributed by atoms with Crippen molar-refractivity contribution in [2.24, 2.45) is 5.10 Å². The Morgan fingerprint density at radius 2 is 2.10 bits per heavy atom. The Morgan fingerprint density at radius 3 is 2.79 bits per heavy atom. The topological polar surface area (TPSA) is 64.4 Å². The molecule has 0 fully saturated rings. The third kappa shape index (κ3) is 4.83. The van der Waals surface area contributed by atoms with Crippen LogP contribution in [0.25, 0.3) is 0 Å². The van der Waals surface area contributed by atoms with Crippen molar-refractivity contribution in [3.8, 4) is 11.5 Å². The van der Waals surface area contributed by atoms with Crippen molar-refractivity contribution in [2.45, 2.75) is 26.4 Å². The number of hydrogen-bond donors (Lipinski definition) is 1. The molecule has 152 valence electrons. The molecule has 0 spiro atoms. The highest BCUT2D eigenvalue weighted by Gasteiger charge is 2.11. The van der Waals surface area contributed by atoms with E-state index in [9.17, 15) is 4.39 Å². The van der Waals surface area contributed by atoms with Crippen molar-refractivity contribution in [2.75, 3.05) is 7.11 Å². The van der Waals surface area contributed by atoms with Crippen LogP contribution >= 0.6 is 23.8 Å². The highest BCUT2D eigenvalue weighted by Crippen LogP contribution is 2.30. The predicted octanol–water partition coefficient (Wildman–Crippen LogP) is 5.33. The Labute approximate surface area is 177 Å². The Kier molecular flexibility index (Phi) is 6.66. The number of aromatic nitrogens is 3. The number of ether oxygens (including phenoxy) is 2. The maximum absolute atomic E-state index is 13.9. The molecule has 0 amide bonds. The summed E-state index contributed by atoms with van der Waals surface area (Å²) in [6.07, 6.45) is 1.65. The molecular formula is C20H20ClFN4O2S. The Bertz CT molecular complexity index is 1070. The summed E-state index contributed by atoms with van der Waals surface area (Å²) in [6, 6.07) is 9.81. The molecule has 0 radical (unpaired) electrons. The van der Waals surface area contributed by atoms with Gasteiger partial charge in [-0.3, -0.25) is 5.10 Å². The van der Waals surface area contributed by atoms with Crippen LogP contribution in [0.15, 0.2) is 41.5 Å². The predicted molar refractivity (Wildman–Crippen MR) is 113 cm³/mol. The van der Waals surface area contributed by atoms with Crippen LogP contribution in [-0.4, -0.2) is 28.2 Å². The average molecular weight is 435 g/mol. The lowest BCUT2D eigenvalue weighted by molar-refractivity contribution is 0.280. The van der Waals surface area contributed by atoms with Gasteiger partial charge in [-0.25, -0.2) is 4.39 Å². The quantitative estimate of drug-likeness (QED) is 0.403. The molecule has 9 heteroatoms. The van der Waals surface area contributed by atoms with Crippen LogP contribution < -0.4 is 9.47 Å². The zero-order chi connectivity index (χ0) is 21.0. The van der Waals surface area contributed by atoms with Crippen molar-refractivity contribution < 1.29 is 13.9 Å². The fraction of sp³-hybridized carbons (Fsp3) is 0.250. The second kappa shape index (κ2) is 9.19. The van der Waals surface area contributed by atoms with E-state index in [1.807, 2.05) is 19.9 Å². The summed E-state index contributed by atoms with van der Waals surface area (Å²) in [5, 5.41) is 11.7. The third-order valence-corrected chi connectivity index (χ3v) is 4.75. The van der Waals surface area contributed by atoms with Gasteiger partial charge in [0.2, 0.25) is 4.77 Å². The molecule has 6 nitrogen and oxygen atoms in total. The molecule has 0 aliphatic carbocycles. The summed E-state index contributed by atoms with van der Waals surface area (Å²) in [6.45, 7) is 4.00. The van der Waals surface area contributed by atoms with E-state index in [1.54, 1.807) is 35.2 Å². The van der Waals surface area contributed by atoms with E-state index in [1.165, 1.54) is 13.2 Å². The summed E-state index contributed by atoms with van der Waals surface area (Å²) < 4.78 is 27.0. The summed E-state index contributed by atoms with van der Waals surface area (Å²) >= 11 is 11.3. The molecule has 1 aromatic heterocycles. The molecule has 0 unspecified atom stereocenters. The van der Waals surface area contributed by atoms with Gasteiger partial charge in [-0.1, -0.05) is 31.5 Å². The summed E-state index contributed by atoms with van der Waals surface area (Å²) in [5.74, 6) is 1.43. The maximum Gasteiger partial charge on any atom is 0.216 e. The lowest BCUT2D eigenvalue weighted by atomic mass is 10.2. The van der Waals surface area contributed by atoms with Gasteiger partial charge in [0, 0.05) is 11.5 Å². The van der Waals surface area contributed by atoms with Gasteiger partial charge < -0.3 is 9.47 Å². The van der Waals surface area contributed by atoms with Gasteiger partial charge >= 0.3 is 0 Å². The number of aromatic amines is 1. The van der Waals surface area contributed by atoms with Crippen LogP contribution in [0.3, 0.4) is 0 Å². The number of nitrogens with one attached hydrogen (secondary N) is 1.